The maximum absolute atomic E-state index is 8.65. The van der Waals surface area contributed by atoms with Gasteiger partial charge in [-0.2, -0.15) is 0 Å². The Labute approximate surface area is 111 Å². The van der Waals surface area contributed by atoms with E-state index in [4.69, 9.17) is 10.8 Å². The molecule has 0 bridgehead atoms. The fourth-order valence-electron chi connectivity index (χ4n) is 1.48. The normalized spacial score (nSPS) is 12.6. The number of hydrogen-bond donors (Lipinski definition) is 2. The van der Waals surface area contributed by atoms with Crippen LogP contribution in [0.5, 0.6) is 0 Å². The van der Waals surface area contributed by atoms with Crippen LogP contribution in [0.2, 0.25) is 0 Å². The lowest BCUT2D eigenvalue weighted by Crippen LogP contribution is -2.14. The van der Waals surface area contributed by atoms with E-state index in [1.165, 1.54) is 5.56 Å². The number of aliphatic hydroxyl groups excluding tert-OH is 1. The first-order valence-electron chi connectivity index (χ1n) is 6.70. The van der Waals surface area contributed by atoms with Gasteiger partial charge in [0.05, 0.1) is 13.2 Å². The van der Waals surface area contributed by atoms with Crippen molar-refractivity contribution in [2.24, 2.45) is 10.7 Å². The van der Waals surface area contributed by atoms with Crippen molar-refractivity contribution in [1.29, 1.82) is 0 Å². The fraction of sp³-hybridized carbons (Fsp3) is 0.533. The molecule has 1 atom stereocenters. The van der Waals surface area contributed by atoms with Crippen molar-refractivity contribution in [2.75, 3.05) is 13.2 Å². The lowest BCUT2D eigenvalue weighted by molar-refractivity contribution is 0.307. The summed E-state index contributed by atoms with van der Waals surface area (Å²) in [6.07, 6.45) is 1.13. The second-order valence-corrected chi connectivity index (χ2v) is 3.92. The van der Waals surface area contributed by atoms with Crippen molar-refractivity contribution >= 4 is 5.84 Å². The van der Waals surface area contributed by atoms with Gasteiger partial charge < -0.3 is 10.8 Å². The smallest absolute Gasteiger partial charge is 0.125 e. The number of benzene rings is 1. The van der Waals surface area contributed by atoms with Crippen LogP contribution in [0.3, 0.4) is 0 Å². The second kappa shape index (κ2) is 9.66. The minimum atomic E-state index is 0.0334. The van der Waals surface area contributed by atoms with Crippen LogP contribution < -0.4 is 5.73 Å². The van der Waals surface area contributed by atoms with E-state index in [1.807, 2.05) is 26.0 Å². The molecule has 0 amide bonds. The zero-order valence-electron chi connectivity index (χ0n) is 12.0. The summed E-state index contributed by atoms with van der Waals surface area (Å²) in [5.74, 6) is 1.06. The minimum Gasteiger partial charge on any atom is -0.394 e. The van der Waals surface area contributed by atoms with Gasteiger partial charge in [0.1, 0.15) is 5.84 Å². The van der Waals surface area contributed by atoms with E-state index in [9.17, 15) is 0 Å². The van der Waals surface area contributed by atoms with Gasteiger partial charge in [-0.1, -0.05) is 52.0 Å². The third-order valence-electron chi connectivity index (χ3n) is 2.77. The minimum absolute atomic E-state index is 0.0334. The number of aliphatic hydroxyl groups is 1. The summed E-state index contributed by atoms with van der Waals surface area (Å²) in [6.45, 7) is 8.78. The maximum atomic E-state index is 8.65. The van der Waals surface area contributed by atoms with Gasteiger partial charge in [-0.05, 0) is 17.9 Å². The molecule has 102 valence electrons. The molecule has 18 heavy (non-hydrogen) atoms. The van der Waals surface area contributed by atoms with Gasteiger partial charge >= 0.3 is 0 Å². The van der Waals surface area contributed by atoms with Gasteiger partial charge in [-0.15, -0.1) is 0 Å². The molecule has 3 heteroatoms. The Morgan fingerprint density at radius 2 is 1.83 bits per heavy atom. The van der Waals surface area contributed by atoms with E-state index in [2.05, 4.69) is 31.0 Å². The molecule has 0 aromatic heterocycles. The molecule has 0 aliphatic heterocycles. The lowest BCUT2D eigenvalue weighted by atomic mass is 9.97. The molecule has 1 aromatic carbocycles. The summed E-state index contributed by atoms with van der Waals surface area (Å²) in [5.41, 5.74) is 8.02. The zero-order chi connectivity index (χ0) is 14.0. The van der Waals surface area contributed by atoms with Crippen molar-refractivity contribution in [3.05, 3.63) is 35.4 Å². The topological polar surface area (TPSA) is 58.6 Å². The van der Waals surface area contributed by atoms with Crippen molar-refractivity contribution in [3.63, 3.8) is 0 Å². The monoisotopic (exact) mass is 250 g/mol. The van der Waals surface area contributed by atoms with Crippen molar-refractivity contribution in [2.45, 2.75) is 40.0 Å². The Balaban J connectivity index is 0.00000137. The van der Waals surface area contributed by atoms with E-state index in [0.29, 0.717) is 18.3 Å². The van der Waals surface area contributed by atoms with Crippen LogP contribution in [0.4, 0.5) is 0 Å². The standard InChI is InChI=1S/C13H20N2O.C2H6/c1-3-10(2)11-4-6-12(7-5-11)13(14)15-8-9-16;1-2/h4-7,10,16H,3,8-9H2,1-2H3,(H2,14,15);1-2H3. The summed E-state index contributed by atoms with van der Waals surface area (Å²) in [4.78, 5) is 4.05. The predicted octanol–water partition coefficient (Wildman–Crippen LogP) is 2.92. The second-order valence-electron chi connectivity index (χ2n) is 3.92. The Kier molecular flexibility index (Phi) is 8.93. The molecule has 0 saturated carbocycles. The molecule has 0 saturated heterocycles. The molecule has 0 heterocycles. The van der Waals surface area contributed by atoms with Crippen molar-refractivity contribution in [3.8, 4) is 0 Å². The molecule has 0 spiro atoms. The Hall–Kier alpha value is -1.35. The Morgan fingerprint density at radius 1 is 1.28 bits per heavy atom. The van der Waals surface area contributed by atoms with Gasteiger partial charge in [0.15, 0.2) is 0 Å². The average Bonchev–Trinajstić information content (AvgIpc) is 2.46. The summed E-state index contributed by atoms with van der Waals surface area (Å²) < 4.78 is 0. The van der Waals surface area contributed by atoms with Gasteiger partial charge in [0.2, 0.25) is 0 Å². The van der Waals surface area contributed by atoms with Gasteiger partial charge in [-0.3, -0.25) is 4.99 Å². The van der Waals surface area contributed by atoms with Crippen molar-refractivity contribution in [1.82, 2.24) is 0 Å². The zero-order valence-corrected chi connectivity index (χ0v) is 12.0. The molecule has 0 aliphatic carbocycles. The highest BCUT2D eigenvalue weighted by Gasteiger charge is 2.03. The molecule has 3 nitrogen and oxygen atoms in total. The Morgan fingerprint density at radius 3 is 2.28 bits per heavy atom. The highest BCUT2D eigenvalue weighted by Crippen LogP contribution is 2.18. The number of nitrogens with two attached hydrogens (primary N) is 1. The van der Waals surface area contributed by atoms with Crippen LogP contribution in [-0.4, -0.2) is 24.1 Å². The first-order chi connectivity index (χ1) is 8.69. The highest BCUT2D eigenvalue weighted by molar-refractivity contribution is 5.97. The molecular weight excluding hydrogens is 224 g/mol. The van der Waals surface area contributed by atoms with Gasteiger partial charge in [0, 0.05) is 5.56 Å². The maximum Gasteiger partial charge on any atom is 0.125 e. The molecule has 0 radical (unpaired) electrons. The molecular formula is C15H26N2O. The van der Waals surface area contributed by atoms with Crippen LogP contribution >= 0.6 is 0 Å². The van der Waals surface area contributed by atoms with Crippen LogP contribution in [0.15, 0.2) is 29.3 Å². The molecule has 0 fully saturated rings. The van der Waals surface area contributed by atoms with Crippen molar-refractivity contribution < 1.29 is 5.11 Å². The van der Waals surface area contributed by atoms with Crippen LogP contribution in [0.1, 0.15) is 51.2 Å². The molecule has 1 aromatic rings. The summed E-state index contributed by atoms with van der Waals surface area (Å²) in [6, 6.07) is 8.14. The highest BCUT2D eigenvalue weighted by atomic mass is 16.3. The molecule has 1 unspecified atom stereocenters. The third-order valence-corrected chi connectivity index (χ3v) is 2.77. The lowest BCUT2D eigenvalue weighted by Gasteiger charge is -2.09. The van der Waals surface area contributed by atoms with E-state index >= 15 is 0 Å². The molecule has 3 N–H and O–H groups in total. The number of aliphatic imine (C=N–C) groups is 1. The third kappa shape index (κ3) is 5.32. The van der Waals surface area contributed by atoms with E-state index in [0.717, 1.165) is 12.0 Å². The van der Waals surface area contributed by atoms with E-state index in [-0.39, 0.29) is 6.61 Å². The molecule has 1 rings (SSSR count). The largest absolute Gasteiger partial charge is 0.394 e. The predicted molar refractivity (Wildman–Crippen MR) is 79.2 cm³/mol. The number of amidine groups is 1. The van der Waals surface area contributed by atoms with E-state index < -0.39 is 0 Å². The molecule has 0 aliphatic rings. The van der Waals surface area contributed by atoms with Gasteiger partial charge in [0.25, 0.3) is 0 Å². The van der Waals surface area contributed by atoms with Crippen LogP contribution in [0.25, 0.3) is 0 Å². The van der Waals surface area contributed by atoms with Crippen LogP contribution in [0, 0.1) is 0 Å². The summed E-state index contributed by atoms with van der Waals surface area (Å²) >= 11 is 0. The summed E-state index contributed by atoms with van der Waals surface area (Å²) in [7, 11) is 0. The van der Waals surface area contributed by atoms with Crippen LogP contribution in [-0.2, 0) is 0 Å². The fourth-order valence-corrected chi connectivity index (χ4v) is 1.48. The first-order valence-corrected chi connectivity index (χ1v) is 6.70. The van der Waals surface area contributed by atoms with E-state index in [1.54, 1.807) is 0 Å². The number of rotatable bonds is 5. The summed E-state index contributed by atoms with van der Waals surface area (Å²) in [5, 5.41) is 8.65. The van der Waals surface area contributed by atoms with Gasteiger partial charge in [-0.25, -0.2) is 0 Å². The SMILES string of the molecule is CC.CCC(C)c1ccc(C(N)=NCCO)cc1. The number of hydrogen-bond acceptors (Lipinski definition) is 2. The quantitative estimate of drug-likeness (QED) is 0.623. The Bertz CT molecular complexity index is 344. The first kappa shape index (κ1) is 16.6. The number of nitrogens with zero attached hydrogens (tertiary/aromatic N) is 1. The average molecular weight is 250 g/mol.